The van der Waals surface area contributed by atoms with Crippen LogP contribution in [0.5, 0.6) is 0 Å². The summed E-state index contributed by atoms with van der Waals surface area (Å²) in [7, 11) is 0. The van der Waals surface area contributed by atoms with Gasteiger partial charge in [0.25, 0.3) is 0 Å². The Labute approximate surface area is 150 Å². The van der Waals surface area contributed by atoms with Gasteiger partial charge in [0.15, 0.2) is 0 Å². The van der Waals surface area contributed by atoms with E-state index >= 15 is 0 Å². The van der Waals surface area contributed by atoms with E-state index in [4.69, 9.17) is 9.72 Å². The first kappa shape index (κ1) is 17.1. The van der Waals surface area contributed by atoms with Crippen LogP contribution in [0.15, 0.2) is 43.2 Å². The van der Waals surface area contributed by atoms with Crippen molar-refractivity contribution in [3.05, 3.63) is 64.9 Å². The normalized spacial score (nSPS) is 10.6. The zero-order valence-electron chi connectivity index (χ0n) is 14.2. The number of benzene rings is 1. The number of carbonyl (C=O) groups is 1. The lowest BCUT2D eigenvalue weighted by Crippen LogP contribution is -2.04. The van der Waals surface area contributed by atoms with E-state index in [1.807, 2.05) is 12.1 Å². The van der Waals surface area contributed by atoms with Crippen molar-refractivity contribution in [1.29, 1.82) is 0 Å². The average Bonchev–Trinajstić information content (AvgIpc) is 3.22. The standard InChI is InChI=1S/C19H19N3O2S/c1-4-17-16(12-22-11-15(10-20-22)19(23)24-5-2)21-18(25-17)14-8-6-7-13(3)9-14/h4,6-11H,1,5,12H2,2-3H3. The van der Waals surface area contributed by atoms with Gasteiger partial charge in [0.2, 0.25) is 0 Å². The minimum Gasteiger partial charge on any atom is -0.462 e. The number of carbonyl (C=O) groups excluding carboxylic acids is 1. The number of hydrogen-bond acceptors (Lipinski definition) is 5. The molecule has 6 heteroatoms. The van der Waals surface area contributed by atoms with Crippen molar-refractivity contribution in [2.24, 2.45) is 0 Å². The highest BCUT2D eigenvalue weighted by Crippen LogP contribution is 2.29. The van der Waals surface area contributed by atoms with Crippen molar-refractivity contribution in [2.45, 2.75) is 20.4 Å². The third kappa shape index (κ3) is 3.85. The molecule has 2 heterocycles. The van der Waals surface area contributed by atoms with Gasteiger partial charge in [0, 0.05) is 11.8 Å². The summed E-state index contributed by atoms with van der Waals surface area (Å²) in [5.41, 5.74) is 3.61. The van der Waals surface area contributed by atoms with Crippen molar-refractivity contribution < 1.29 is 9.53 Å². The number of hydrogen-bond donors (Lipinski definition) is 0. The molecule has 2 aromatic heterocycles. The summed E-state index contributed by atoms with van der Waals surface area (Å²) in [4.78, 5) is 17.5. The van der Waals surface area contributed by atoms with Gasteiger partial charge in [-0.1, -0.05) is 36.4 Å². The fourth-order valence-electron chi connectivity index (χ4n) is 2.46. The lowest BCUT2D eigenvalue weighted by molar-refractivity contribution is 0.0526. The van der Waals surface area contributed by atoms with Crippen LogP contribution in [0.2, 0.25) is 0 Å². The first-order valence-electron chi connectivity index (χ1n) is 7.99. The van der Waals surface area contributed by atoms with Crippen molar-refractivity contribution in [2.75, 3.05) is 6.61 Å². The Hall–Kier alpha value is -2.73. The molecule has 0 aliphatic heterocycles. The van der Waals surface area contributed by atoms with Crippen LogP contribution in [0.4, 0.5) is 0 Å². The summed E-state index contributed by atoms with van der Waals surface area (Å²) in [5, 5.41) is 5.18. The van der Waals surface area contributed by atoms with Crippen LogP contribution in [0.25, 0.3) is 16.6 Å². The number of aryl methyl sites for hydroxylation is 1. The molecule has 0 saturated heterocycles. The smallest absolute Gasteiger partial charge is 0.341 e. The maximum Gasteiger partial charge on any atom is 0.341 e. The maximum atomic E-state index is 11.7. The van der Waals surface area contributed by atoms with Gasteiger partial charge in [0.1, 0.15) is 5.01 Å². The van der Waals surface area contributed by atoms with Gasteiger partial charge in [-0.3, -0.25) is 4.68 Å². The number of nitrogens with zero attached hydrogens (tertiary/aromatic N) is 3. The number of esters is 1. The third-order valence-electron chi connectivity index (χ3n) is 3.63. The molecule has 0 aliphatic carbocycles. The molecular formula is C19H19N3O2S. The quantitative estimate of drug-likeness (QED) is 0.624. The van der Waals surface area contributed by atoms with Gasteiger partial charge in [-0.25, -0.2) is 9.78 Å². The van der Waals surface area contributed by atoms with Crippen molar-refractivity contribution in [3.63, 3.8) is 0 Å². The van der Waals surface area contributed by atoms with Crippen molar-refractivity contribution in [1.82, 2.24) is 14.8 Å². The minimum absolute atomic E-state index is 0.344. The first-order chi connectivity index (χ1) is 12.1. The van der Waals surface area contributed by atoms with Crippen LogP contribution in [0.3, 0.4) is 0 Å². The molecule has 0 spiro atoms. The van der Waals surface area contributed by atoms with E-state index in [1.165, 1.54) is 11.8 Å². The summed E-state index contributed by atoms with van der Waals surface area (Å²) in [6.45, 7) is 8.54. The Balaban J connectivity index is 1.85. The molecule has 0 atom stereocenters. The molecule has 0 bridgehead atoms. The maximum absolute atomic E-state index is 11.7. The highest BCUT2D eigenvalue weighted by Gasteiger charge is 2.14. The Morgan fingerprint density at radius 3 is 3.00 bits per heavy atom. The molecular weight excluding hydrogens is 334 g/mol. The second-order valence-electron chi connectivity index (χ2n) is 5.55. The van der Waals surface area contributed by atoms with Crippen LogP contribution in [-0.4, -0.2) is 27.3 Å². The molecule has 25 heavy (non-hydrogen) atoms. The highest BCUT2D eigenvalue weighted by atomic mass is 32.1. The van der Waals surface area contributed by atoms with Crippen molar-refractivity contribution >= 4 is 23.4 Å². The summed E-state index contributed by atoms with van der Waals surface area (Å²) >= 11 is 1.60. The average molecular weight is 353 g/mol. The molecule has 0 amide bonds. The Kier molecular flexibility index (Phi) is 5.09. The van der Waals surface area contributed by atoms with E-state index in [0.29, 0.717) is 18.7 Å². The molecule has 0 aliphatic rings. The van der Waals surface area contributed by atoms with Crippen LogP contribution in [-0.2, 0) is 11.3 Å². The van der Waals surface area contributed by atoms with E-state index in [1.54, 1.807) is 29.1 Å². The van der Waals surface area contributed by atoms with E-state index in [0.717, 1.165) is 21.1 Å². The molecule has 128 valence electrons. The van der Waals surface area contributed by atoms with Gasteiger partial charge < -0.3 is 4.74 Å². The Morgan fingerprint density at radius 2 is 2.28 bits per heavy atom. The number of ether oxygens (including phenoxy) is 1. The summed E-state index contributed by atoms with van der Waals surface area (Å²) in [6, 6.07) is 8.25. The third-order valence-corrected chi connectivity index (χ3v) is 4.78. The molecule has 0 unspecified atom stereocenters. The Morgan fingerprint density at radius 1 is 1.44 bits per heavy atom. The second kappa shape index (κ2) is 7.44. The van der Waals surface area contributed by atoms with Gasteiger partial charge in [-0.05, 0) is 19.9 Å². The van der Waals surface area contributed by atoms with Gasteiger partial charge >= 0.3 is 5.97 Å². The largest absolute Gasteiger partial charge is 0.462 e. The molecule has 5 nitrogen and oxygen atoms in total. The molecule has 0 N–H and O–H groups in total. The highest BCUT2D eigenvalue weighted by molar-refractivity contribution is 7.16. The van der Waals surface area contributed by atoms with E-state index < -0.39 is 0 Å². The van der Waals surface area contributed by atoms with Gasteiger partial charge in [0.05, 0.1) is 35.5 Å². The van der Waals surface area contributed by atoms with E-state index in [-0.39, 0.29) is 5.97 Å². The summed E-state index contributed by atoms with van der Waals surface area (Å²) in [5.74, 6) is -0.364. The van der Waals surface area contributed by atoms with Crippen LogP contribution < -0.4 is 0 Å². The number of aromatic nitrogens is 3. The van der Waals surface area contributed by atoms with Gasteiger partial charge in [-0.2, -0.15) is 5.10 Å². The molecule has 0 radical (unpaired) electrons. The lowest BCUT2D eigenvalue weighted by atomic mass is 10.1. The predicted molar refractivity (Wildman–Crippen MR) is 99.7 cm³/mol. The SMILES string of the molecule is C=Cc1sc(-c2cccc(C)c2)nc1Cn1cc(C(=O)OCC)cn1. The summed E-state index contributed by atoms with van der Waals surface area (Å²) < 4.78 is 6.68. The molecule has 3 rings (SSSR count). The minimum atomic E-state index is -0.364. The topological polar surface area (TPSA) is 57.0 Å². The molecule has 1 aromatic carbocycles. The fraction of sp³-hybridized carbons (Fsp3) is 0.211. The number of thiazole rings is 1. The number of rotatable bonds is 6. The monoisotopic (exact) mass is 353 g/mol. The fourth-order valence-corrected chi connectivity index (χ4v) is 3.38. The molecule has 3 aromatic rings. The molecule has 0 saturated carbocycles. The van der Waals surface area contributed by atoms with Crippen LogP contribution in [0, 0.1) is 6.92 Å². The van der Waals surface area contributed by atoms with Crippen molar-refractivity contribution in [3.8, 4) is 10.6 Å². The summed E-state index contributed by atoms with van der Waals surface area (Å²) in [6.07, 6.45) is 5.00. The molecule has 0 fully saturated rings. The predicted octanol–water partition coefficient (Wildman–Crippen LogP) is 4.18. The Bertz CT molecular complexity index is 911. The zero-order chi connectivity index (χ0) is 17.8. The van der Waals surface area contributed by atoms with Crippen LogP contribution in [0.1, 0.15) is 33.4 Å². The second-order valence-corrected chi connectivity index (χ2v) is 6.58. The van der Waals surface area contributed by atoms with Crippen LogP contribution >= 0.6 is 11.3 Å². The first-order valence-corrected chi connectivity index (χ1v) is 8.81. The van der Waals surface area contributed by atoms with E-state index in [2.05, 4.69) is 36.8 Å². The zero-order valence-corrected chi connectivity index (χ0v) is 15.0. The lowest BCUT2D eigenvalue weighted by Gasteiger charge is -2.00. The van der Waals surface area contributed by atoms with Gasteiger partial charge in [-0.15, -0.1) is 11.3 Å². The van der Waals surface area contributed by atoms with E-state index in [9.17, 15) is 4.79 Å².